The summed E-state index contributed by atoms with van der Waals surface area (Å²) in [5.74, 6) is -1.20. The number of hydrogen-bond acceptors (Lipinski definition) is 9. The fraction of sp³-hybridized carbons (Fsp3) is 0.444. The molecule has 1 heterocycles. The fourth-order valence-electron chi connectivity index (χ4n) is 2.89. The third-order valence-electron chi connectivity index (χ3n) is 4.33. The number of alkyl carbamates (subject to hydrolysis) is 1. The molecule has 0 radical (unpaired) electrons. The van der Waals surface area contributed by atoms with E-state index in [-0.39, 0.29) is 35.8 Å². The van der Waals surface area contributed by atoms with E-state index in [2.05, 4.69) is 0 Å². The molecule has 1 aliphatic heterocycles. The van der Waals surface area contributed by atoms with Crippen molar-refractivity contribution < 1.29 is 33.6 Å². The van der Waals surface area contributed by atoms with Gasteiger partial charge in [0.25, 0.3) is 15.4 Å². The Labute approximate surface area is 207 Å². The van der Waals surface area contributed by atoms with Crippen LogP contribution in [-0.2, 0) is 25.7 Å². The molecule has 1 fully saturated rings. The van der Waals surface area contributed by atoms with Gasteiger partial charge in [-0.05, 0) is 24.1 Å². The third-order valence-corrected chi connectivity index (χ3v) is 5.85. The summed E-state index contributed by atoms with van der Waals surface area (Å²) in [6.45, 7) is 1.10. The maximum absolute atomic E-state index is 12.6. The Morgan fingerprint density at radius 3 is 2.39 bits per heavy atom. The van der Waals surface area contributed by atoms with Crippen LogP contribution in [0.15, 0.2) is 24.3 Å². The van der Waals surface area contributed by atoms with Crippen LogP contribution >= 0.6 is 46.6 Å². The number of carbonyl (C=O) groups excluding carboxylic acids is 4. The number of nitrogens with one attached hydrogen (secondary N) is 1. The molecule has 0 aliphatic carbocycles. The molecule has 1 aromatic rings. The predicted octanol–water partition coefficient (Wildman–Crippen LogP) is 3.58. The summed E-state index contributed by atoms with van der Waals surface area (Å²) >= 11 is 17.2. The molecule has 15 heteroatoms. The molecule has 1 aromatic carbocycles. The first-order valence-electron chi connectivity index (χ1n) is 9.25. The van der Waals surface area contributed by atoms with E-state index in [1.807, 2.05) is 0 Å². The molecular weight excluding hydrogens is 525 g/mol. The van der Waals surface area contributed by atoms with E-state index >= 15 is 0 Å². The first-order chi connectivity index (χ1) is 15.4. The second-order valence-corrected chi connectivity index (χ2v) is 10.6. The molecular formula is C18H18Cl3N3O8S. The molecule has 11 nitrogen and oxygen atoms in total. The molecule has 0 spiro atoms. The average Bonchev–Trinajstić information content (AvgIpc) is 3.12. The Morgan fingerprint density at radius 2 is 1.85 bits per heavy atom. The topological polar surface area (TPSA) is 145 Å². The first kappa shape index (κ1) is 27.0. The highest BCUT2D eigenvalue weighted by atomic mass is 35.6. The number of nitro groups is 1. The molecule has 0 unspecified atom stereocenters. The van der Waals surface area contributed by atoms with E-state index in [4.69, 9.17) is 44.3 Å². The van der Waals surface area contributed by atoms with Crippen molar-refractivity contribution in [2.24, 2.45) is 0 Å². The Balaban J connectivity index is 1.97. The van der Waals surface area contributed by atoms with Gasteiger partial charge >= 0.3 is 12.2 Å². The van der Waals surface area contributed by atoms with E-state index in [0.717, 1.165) is 11.8 Å². The number of carbonyl (C=O) groups is 4. The smallest absolute Gasteiger partial charge is 0.414 e. The van der Waals surface area contributed by atoms with Gasteiger partial charge in [-0.25, -0.2) is 9.59 Å². The van der Waals surface area contributed by atoms with Crippen molar-refractivity contribution in [3.63, 3.8) is 0 Å². The number of imide groups is 1. The van der Waals surface area contributed by atoms with Crippen molar-refractivity contribution in [3.8, 4) is 0 Å². The highest BCUT2D eigenvalue weighted by molar-refractivity contribution is 8.14. The van der Waals surface area contributed by atoms with Gasteiger partial charge in [0.2, 0.25) is 0 Å². The lowest BCUT2D eigenvalue weighted by Crippen LogP contribution is -2.42. The van der Waals surface area contributed by atoms with Crippen molar-refractivity contribution in [3.05, 3.63) is 39.9 Å². The van der Waals surface area contributed by atoms with Gasteiger partial charge in [0, 0.05) is 30.9 Å². The summed E-state index contributed by atoms with van der Waals surface area (Å²) in [4.78, 5) is 58.9. The van der Waals surface area contributed by atoms with Crippen LogP contribution in [0.25, 0.3) is 0 Å². The largest absolute Gasteiger partial charge is 0.447 e. The second-order valence-electron chi connectivity index (χ2n) is 6.80. The number of alkyl halides is 3. The van der Waals surface area contributed by atoms with Crippen molar-refractivity contribution in [1.29, 1.82) is 0 Å². The minimum atomic E-state index is -2.36. The Hall–Kier alpha value is -2.28. The van der Waals surface area contributed by atoms with Gasteiger partial charge in [-0.3, -0.25) is 25.0 Å². The standard InChI is InChI=1S/C18H18Cl3N3O8S/c1-10(25)33-14-6-13(9-31-16(27)22-15(26)18(19,20)21)23(7-14)17(28)32-8-11-2-4-12(5-3-11)24(29)30/h2-5,13-14H,6-9H2,1H3,(H,22,26,27)/t13-,14-/m0/s1. The van der Waals surface area contributed by atoms with E-state index in [0.29, 0.717) is 12.0 Å². The Bertz CT molecular complexity index is 926. The van der Waals surface area contributed by atoms with Crippen molar-refractivity contribution in [2.75, 3.05) is 13.2 Å². The van der Waals surface area contributed by atoms with Crippen molar-refractivity contribution in [1.82, 2.24) is 10.2 Å². The molecule has 1 saturated heterocycles. The van der Waals surface area contributed by atoms with Crippen LogP contribution in [0.4, 0.5) is 15.3 Å². The molecule has 1 aliphatic rings. The summed E-state index contributed by atoms with van der Waals surface area (Å²) in [7, 11) is 0. The van der Waals surface area contributed by atoms with Crippen LogP contribution in [0.3, 0.4) is 0 Å². The van der Waals surface area contributed by atoms with Gasteiger partial charge in [-0.15, -0.1) is 0 Å². The third kappa shape index (κ3) is 8.54. The number of rotatable bonds is 6. The molecule has 0 bridgehead atoms. The zero-order chi connectivity index (χ0) is 24.8. The molecule has 0 aromatic heterocycles. The number of nitro benzene ring substituents is 1. The molecule has 180 valence electrons. The zero-order valence-corrected chi connectivity index (χ0v) is 20.1. The van der Waals surface area contributed by atoms with Crippen LogP contribution in [-0.4, -0.2) is 61.3 Å². The van der Waals surface area contributed by atoms with E-state index < -0.39 is 32.9 Å². The van der Waals surface area contributed by atoms with Crippen LogP contribution in [0.1, 0.15) is 18.9 Å². The summed E-state index contributed by atoms with van der Waals surface area (Å²) in [5.41, 5.74) is 0.428. The van der Waals surface area contributed by atoms with Gasteiger partial charge in [0.15, 0.2) is 5.12 Å². The lowest BCUT2D eigenvalue weighted by Gasteiger charge is -2.23. The summed E-state index contributed by atoms with van der Waals surface area (Å²) < 4.78 is 7.88. The number of non-ortho nitro benzene ring substituents is 1. The lowest BCUT2D eigenvalue weighted by atomic mass is 10.2. The summed E-state index contributed by atoms with van der Waals surface area (Å²) in [6.07, 6.45) is -1.58. The van der Waals surface area contributed by atoms with Crippen LogP contribution in [0.2, 0.25) is 0 Å². The SMILES string of the molecule is CC(=O)S[C@H]1C[C@@H](COC(=O)NC(=O)C(Cl)(Cl)Cl)N(C(=O)OCc2ccc([N+](=O)[O-])cc2)C1. The lowest BCUT2D eigenvalue weighted by molar-refractivity contribution is -0.384. The van der Waals surface area contributed by atoms with Gasteiger partial charge in [-0.1, -0.05) is 46.6 Å². The highest BCUT2D eigenvalue weighted by Gasteiger charge is 2.38. The van der Waals surface area contributed by atoms with Crippen LogP contribution in [0, 0.1) is 10.1 Å². The average molecular weight is 543 g/mol. The van der Waals surface area contributed by atoms with E-state index in [1.54, 1.807) is 5.32 Å². The van der Waals surface area contributed by atoms with Gasteiger partial charge in [0.05, 0.1) is 11.0 Å². The number of hydrogen-bond donors (Lipinski definition) is 1. The first-order valence-corrected chi connectivity index (χ1v) is 11.3. The van der Waals surface area contributed by atoms with E-state index in [1.165, 1.54) is 36.1 Å². The number of benzene rings is 1. The van der Waals surface area contributed by atoms with Crippen LogP contribution < -0.4 is 5.32 Å². The van der Waals surface area contributed by atoms with Crippen molar-refractivity contribution >= 4 is 75.5 Å². The monoisotopic (exact) mass is 541 g/mol. The molecule has 1 N–H and O–H groups in total. The minimum Gasteiger partial charge on any atom is -0.447 e. The molecule has 3 amide bonds. The van der Waals surface area contributed by atoms with Gasteiger partial charge in [0.1, 0.15) is 13.2 Å². The van der Waals surface area contributed by atoms with Gasteiger partial charge < -0.3 is 14.4 Å². The molecule has 2 atom stereocenters. The highest BCUT2D eigenvalue weighted by Crippen LogP contribution is 2.29. The normalized spacial score (nSPS) is 17.9. The molecule has 0 saturated carbocycles. The minimum absolute atomic E-state index is 0.0996. The van der Waals surface area contributed by atoms with Crippen LogP contribution in [0.5, 0.6) is 0 Å². The van der Waals surface area contributed by atoms with E-state index in [9.17, 15) is 29.3 Å². The Kier molecular flexibility index (Phi) is 9.58. The quantitative estimate of drug-likeness (QED) is 0.324. The van der Waals surface area contributed by atoms with Crippen molar-refractivity contribution in [2.45, 2.75) is 35.0 Å². The number of amides is 3. The number of ether oxygens (including phenoxy) is 2. The maximum Gasteiger partial charge on any atom is 0.414 e. The molecule has 2 rings (SSSR count). The maximum atomic E-state index is 12.6. The second kappa shape index (κ2) is 11.7. The summed E-state index contributed by atoms with van der Waals surface area (Å²) in [5, 5.41) is 12.1. The zero-order valence-electron chi connectivity index (χ0n) is 17.0. The molecule has 33 heavy (non-hydrogen) atoms. The Morgan fingerprint density at radius 1 is 1.21 bits per heavy atom. The number of likely N-dealkylation sites (tertiary alicyclic amines) is 1. The number of thioether (sulfide) groups is 1. The van der Waals surface area contributed by atoms with Gasteiger partial charge in [-0.2, -0.15) is 0 Å². The number of nitrogens with zero attached hydrogens (tertiary/aromatic N) is 2. The number of halogens is 3. The summed E-state index contributed by atoms with van der Waals surface area (Å²) in [6, 6.07) is 4.84. The fourth-order valence-corrected chi connectivity index (χ4v) is 4.05. The predicted molar refractivity (Wildman–Crippen MR) is 120 cm³/mol.